The van der Waals surface area contributed by atoms with Gasteiger partial charge in [0.2, 0.25) is 0 Å². The molecule has 0 aromatic carbocycles. The average Bonchev–Trinajstić information content (AvgIpc) is 3.15. The summed E-state index contributed by atoms with van der Waals surface area (Å²) < 4.78 is 3.58. The number of fused-ring (bicyclic) bond motifs is 2. The molecule has 1 fully saturated rings. The number of rotatable bonds is 4. The number of aryl methyl sites for hydroxylation is 2. The number of hydrogen-bond acceptors (Lipinski definition) is 6. The van der Waals surface area contributed by atoms with Crippen molar-refractivity contribution in [2.75, 3.05) is 26.2 Å². The van der Waals surface area contributed by atoms with Gasteiger partial charge in [-0.3, -0.25) is 14.2 Å². The molecule has 0 bridgehead atoms. The Bertz CT molecular complexity index is 1320. The highest BCUT2D eigenvalue weighted by atomic mass is 16.3. The predicted molar refractivity (Wildman–Crippen MR) is 118 cm³/mol. The highest BCUT2D eigenvalue weighted by Gasteiger charge is 2.22. The van der Waals surface area contributed by atoms with Gasteiger partial charge >= 0.3 is 0 Å². The third-order valence-corrected chi connectivity index (χ3v) is 6.14. The van der Waals surface area contributed by atoms with Crippen LogP contribution in [0.15, 0.2) is 41.7 Å². The molecule has 1 saturated heterocycles. The summed E-state index contributed by atoms with van der Waals surface area (Å²) in [4.78, 5) is 29.1. The summed E-state index contributed by atoms with van der Waals surface area (Å²) in [5.74, 6) is 0.320. The number of aliphatic hydroxyl groups excluding tert-OH is 1. The Balaban J connectivity index is 1.48. The minimum Gasteiger partial charge on any atom is -0.395 e. The van der Waals surface area contributed by atoms with Crippen molar-refractivity contribution < 1.29 is 5.11 Å². The van der Waals surface area contributed by atoms with Crippen LogP contribution in [0.3, 0.4) is 0 Å². The maximum absolute atomic E-state index is 12.9. The molecule has 1 aliphatic heterocycles. The first-order valence-corrected chi connectivity index (χ1v) is 10.7. The third-order valence-electron chi connectivity index (χ3n) is 6.14. The molecule has 0 radical (unpaired) electrons. The monoisotopic (exact) mass is 418 g/mol. The van der Waals surface area contributed by atoms with Gasteiger partial charge in [-0.25, -0.2) is 9.97 Å². The second-order valence-corrected chi connectivity index (χ2v) is 8.38. The van der Waals surface area contributed by atoms with E-state index < -0.39 is 0 Å². The van der Waals surface area contributed by atoms with E-state index in [1.54, 1.807) is 16.7 Å². The minimum absolute atomic E-state index is 0.110. The Hall–Kier alpha value is -3.10. The number of piperidine rings is 1. The molecule has 1 aliphatic rings. The van der Waals surface area contributed by atoms with Gasteiger partial charge in [-0.2, -0.15) is 0 Å². The largest absolute Gasteiger partial charge is 0.395 e. The van der Waals surface area contributed by atoms with Crippen LogP contribution in [0.25, 0.3) is 22.6 Å². The molecule has 5 rings (SSSR count). The Labute approximate surface area is 179 Å². The molecular weight excluding hydrogens is 392 g/mol. The van der Waals surface area contributed by atoms with Crippen LogP contribution in [-0.2, 0) is 0 Å². The molecule has 31 heavy (non-hydrogen) atoms. The van der Waals surface area contributed by atoms with E-state index >= 15 is 0 Å². The molecule has 0 atom stereocenters. The smallest absolute Gasteiger partial charge is 0.258 e. The first-order chi connectivity index (χ1) is 15.0. The number of β-amino-alcohol motifs (C(OH)–C–C–N with tert-alkyl or cyclic N) is 1. The van der Waals surface area contributed by atoms with Crippen LogP contribution in [0.1, 0.15) is 35.7 Å². The second-order valence-electron chi connectivity index (χ2n) is 8.38. The molecule has 0 spiro atoms. The fourth-order valence-corrected chi connectivity index (χ4v) is 4.51. The number of aliphatic hydroxyl groups is 1. The van der Waals surface area contributed by atoms with Gasteiger partial charge in [-0.15, -0.1) is 0 Å². The van der Waals surface area contributed by atoms with Crippen LogP contribution in [0.5, 0.6) is 0 Å². The van der Waals surface area contributed by atoms with Crippen molar-refractivity contribution in [3.8, 4) is 11.3 Å². The summed E-state index contributed by atoms with van der Waals surface area (Å²) in [6.45, 7) is 6.76. The van der Waals surface area contributed by atoms with E-state index in [-0.39, 0.29) is 12.2 Å². The SMILES string of the molecule is Cc1cn2cc(-c3cc(=O)n4cc(C5CCN(CCO)CC5)ncc4n3)cc(C)c2n1. The van der Waals surface area contributed by atoms with Crippen molar-refractivity contribution in [2.24, 2.45) is 0 Å². The van der Waals surface area contributed by atoms with Gasteiger partial charge in [0.1, 0.15) is 5.65 Å². The molecule has 8 nitrogen and oxygen atoms in total. The maximum Gasteiger partial charge on any atom is 0.258 e. The van der Waals surface area contributed by atoms with Crippen LogP contribution in [0.2, 0.25) is 0 Å². The Morgan fingerprint density at radius 2 is 1.90 bits per heavy atom. The zero-order valence-electron chi connectivity index (χ0n) is 17.8. The maximum atomic E-state index is 12.9. The molecular formula is C23H26N6O2. The van der Waals surface area contributed by atoms with Crippen molar-refractivity contribution in [2.45, 2.75) is 32.6 Å². The number of nitrogens with zero attached hydrogens (tertiary/aromatic N) is 6. The van der Waals surface area contributed by atoms with Crippen molar-refractivity contribution in [3.63, 3.8) is 0 Å². The van der Waals surface area contributed by atoms with E-state index in [4.69, 9.17) is 10.1 Å². The number of pyridine rings is 1. The van der Waals surface area contributed by atoms with Gasteiger partial charge < -0.3 is 14.4 Å². The number of hydrogen-bond donors (Lipinski definition) is 1. The topological polar surface area (TPSA) is 88.0 Å². The van der Waals surface area contributed by atoms with Gasteiger partial charge in [0.25, 0.3) is 5.56 Å². The molecule has 0 aliphatic carbocycles. The lowest BCUT2D eigenvalue weighted by molar-refractivity contribution is 0.163. The number of imidazole rings is 1. The minimum atomic E-state index is -0.110. The Morgan fingerprint density at radius 1 is 1.10 bits per heavy atom. The van der Waals surface area contributed by atoms with Crippen molar-refractivity contribution in [3.05, 3.63) is 64.2 Å². The Morgan fingerprint density at radius 3 is 2.68 bits per heavy atom. The zero-order chi connectivity index (χ0) is 21.5. The molecule has 1 N–H and O–H groups in total. The summed E-state index contributed by atoms with van der Waals surface area (Å²) in [5.41, 5.74) is 5.77. The third kappa shape index (κ3) is 3.73. The van der Waals surface area contributed by atoms with Crippen LogP contribution < -0.4 is 5.56 Å². The summed E-state index contributed by atoms with van der Waals surface area (Å²) >= 11 is 0. The normalized spacial score (nSPS) is 15.8. The zero-order valence-corrected chi connectivity index (χ0v) is 17.8. The standard InChI is InChI=1S/C23H26N6O2/c1-15-9-18(13-28-12-16(2)25-23(15)28)19-10-22(31)29-14-20(24-11-21(29)26-19)17-3-5-27(6-4-17)7-8-30/h9-14,17,30H,3-8H2,1-2H3. The van der Waals surface area contributed by atoms with Crippen LogP contribution >= 0.6 is 0 Å². The van der Waals surface area contributed by atoms with Gasteiger partial charge in [-0.1, -0.05) is 0 Å². The average molecular weight is 419 g/mol. The van der Waals surface area contributed by atoms with Gasteiger partial charge in [0.05, 0.1) is 29.9 Å². The van der Waals surface area contributed by atoms with E-state index in [1.165, 1.54) is 0 Å². The quantitative estimate of drug-likeness (QED) is 0.547. The van der Waals surface area contributed by atoms with Gasteiger partial charge in [0, 0.05) is 42.7 Å². The summed E-state index contributed by atoms with van der Waals surface area (Å²) in [6.07, 6.45) is 9.42. The lowest BCUT2D eigenvalue weighted by atomic mass is 9.94. The van der Waals surface area contributed by atoms with Gasteiger partial charge in [0.15, 0.2) is 5.65 Å². The number of aromatic nitrogens is 5. The molecule has 8 heteroatoms. The summed E-state index contributed by atoms with van der Waals surface area (Å²) in [7, 11) is 0. The van der Waals surface area contributed by atoms with E-state index in [1.807, 2.05) is 42.9 Å². The van der Waals surface area contributed by atoms with Crippen molar-refractivity contribution in [1.82, 2.24) is 28.7 Å². The highest BCUT2D eigenvalue weighted by Crippen LogP contribution is 2.27. The highest BCUT2D eigenvalue weighted by molar-refractivity contribution is 5.65. The molecule has 160 valence electrons. The molecule has 0 saturated carbocycles. The Kier molecular flexibility index (Phi) is 5.03. The lowest BCUT2D eigenvalue weighted by Gasteiger charge is -2.31. The van der Waals surface area contributed by atoms with Crippen LogP contribution in [0, 0.1) is 13.8 Å². The van der Waals surface area contributed by atoms with Crippen molar-refractivity contribution >= 4 is 11.3 Å². The number of likely N-dealkylation sites (tertiary alicyclic amines) is 1. The van der Waals surface area contributed by atoms with Gasteiger partial charge in [-0.05, 0) is 51.4 Å². The molecule has 4 aromatic rings. The molecule has 0 unspecified atom stereocenters. The fourth-order valence-electron chi connectivity index (χ4n) is 4.51. The lowest BCUT2D eigenvalue weighted by Crippen LogP contribution is -2.35. The predicted octanol–water partition coefficient (Wildman–Crippen LogP) is 2.19. The molecule has 4 aromatic heterocycles. The van der Waals surface area contributed by atoms with Crippen LogP contribution in [-0.4, -0.2) is 60.0 Å². The molecule has 0 amide bonds. The van der Waals surface area contributed by atoms with Crippen LogP contribution in [0.4, 0.5) is 0 Å². The summed E-state index contributed by atoms with van der Waals surface area (Å²) in [6, 6.07) is 3.60. The molecule has 5 heterocycles. The first kappa shape index (κ1) is 19.8. The van der Waals surface area contributed by atoms with E-state index in [0.29, 0.717) is 23.8 Å². The van der Waals surface area contributed by atoms with E-state index in [9.17, 15) is 4.79 Å². The summed E-state index contributed by atoms with van der Waals surface area (Å²) in [5, 5.41) is 9.12. The van der Waals surface area contributed by atoms with E-state index in [2.05, 4.69) is 14.9 Å². The van der Waals surface area contributed by atoms with Crippen molar-refractivity contribution in [1.29, 1.82) is 0 Å². The second kappa shape index (κ2) is 7.86. The van der Waals surface area contributed by atoms with E-state index in [0.717, 1.165) is 54.1 Å². The first-order valence-electron chi connectivity index (χ1n) is 10.7. The fraction of sp³-hybridized carbons (Fsp3) is 0.391.